The number of halogens is 1. The number of carbonyl (C=O) groups excluding carboxylic acids is 1. The number of amides is 1. The molecule has 0 spiro atoms. The maximum absolute atomic E-state index is 12.0. The summed E-state index contributed by atoms with van der Waals surface area (Å²) in [4.78, 5) is 12.0. The molecule has 0 saturated heterocycles. The fourth-order valence-electron chi connectivity index (χ4n) is 1.39. The third-order valence-electron chi connectivity index (χ3n) is 2.58. The molecule has 1 amide bonds. The normalized spacial score (nSPS) is 12.5. The number of anilines is 1. The quantitative estimate of drug-likeness (QED) is 0.742. The minimum absolute atomic E-state index is 0.0860. The van der Waals surface area contributed by atoms with Gasteiger partial charge in [-0.1, -0.05) is 29.8 Å². The largest absolute Gasteiger partial charge is 0.398 e. The third kappa shape index (κ3) is 3.71. The van der Waals surface area contributed by atoms with Gasteiger partial charge in [-0.25, -0.2) is 0 Å². The van der Waals surface area contributed by atoms with Crippen molar-refractivity contribution in [2.75, 3.05) is 12.3 Å². The number of aliphatic hydroxyl groups is 1. The van der Waals surface area contributed by atoms with Crippen molar-refractivity contribution >= 4 is 27.5 Å². The smallest absolute Gasteiger partial charge is 0.253 e. The predicted molar refractivity (Wildman–Crippen MR) is 71.7 cm³/mol. The topological polar surface area (TPSA) is 75.3 Å². The van der Waals surface area contributed by atoms with Crippen LogP contribution in [0.5, 0.6) is 0 Å². The maximum atomic E-state index is 12.0. The third-order valence-corrected chi connectivity index (χ3v) is 3.07. The zero-order chi connectivity index (χ0) is 13.0. The van der Waals surface area contributed by atoms with Gasteiger partial charge in [0.2, 0.25) is 0 Å². The molecule has 0 bridgehead atoms. The van der Waals surface area contributed by atoms with Gasteiger partial charge in [0.25, 0.3) is 5.91 Å². The first-order chi connectivity index (χ1) is 7.95. The number of hydrogen-bond acceptors (Lipinski definition) is 3. The van der Waals surface area contributed by atoms with Gasteiger partial charge in [0.15, 0.2) is 0 Å². The summed E-state index contributed by atoms with van der Waals surface area (Å²) in [6.07, 6.45) is 0. The summed E-state index contributed by atoms with van der Waals surface area (Å²) in [7, 11) is 0. The lowest BCUT2D eigenvalue weighted by atomic mass is 10.0. The second-order valence-electron chi connectivity index (χ2n) is 4.24. The molecule has 4 N–H and O–H groups in total. The average molecular weight is 301 g/mol. The van der Waals surface area contributed by atoms with E-state index in [0.717, 1.165) is 4.47 Å². The van der Waals surface area contributed by atoms with E-state index in [1.165, 1.54) is 0 Å². The molecule has 0 unspecified atom stereocenters. The summed E-state index contributed by atoms with van der Waals surface area (Å²) in [5.74, 6) is -0.103. The van der Waals surface area contributed by atoms with Crippen LogP contribution >= 0.6 is 15.9 Å². The number of nitrogens with two attached hydrogens (primary N) is 1. The van der Waals surface area contributed by atoms with Crippen molar-refractivity contribution in [3.8, 4) is 0 Å². The van der Waals surface area contributed by atoms with Gasteiger partial charge in [0.1, 0.15) is 0 Å². The van der Waals surface area contributed by atoms with Gasteiger partial charge in [0.05, 0.1) is 18.2 Å². The molecule has 1 rings (SSSR count). The van der Waals surface area contributed by atoms with Crippen LogP contribution < -0.4 is 11.1 Å². The number of rotatable bonds is 4. The van der Waals surface area contributed by atoms with Gasteiger partial charge in [0, 0.05) is 10.2 Å². The van der Waals surface area contributed by atoms with Crippen LogP contribution in [0.15, 0.2) is 22.7 Å². The number of nitrogen functional groups attached to an aromatic ring is 1. The zero-order valence-corrected chi connectivity index (χ0v) is 11.5. The van der Waals surface area contributed by atoms with Crippen LogP contribution in [0.2, 0.25) is 0 Å². The standard InChI is InChI=1S/C12H17BrN2O2/c1-7(2)11(6-16)15-12(17)9-5-8(13)3-4-10(9)14/h3-5,7,11,16H,6,14H2,1-2H3,(H,15,17)/t11-/m1/s1. The summed E-state index contributed by atoms with van der Waals surface area (Å²) in [5, 5.41) is 11.9. The summed E-state index contributed by atoms with van der Waals surface area (Å²) >= 11 is 3.29. The Morgan fingerprint density at radius 1 is 1.53 bits per heavy atom. The molecule has 4 nitrogen and oxygen atoms in total. The first-order valence-corrected chi connectivity index (χ1v) is 6.21. The van der Waals surface area contributed by atoms with Crippen LogP contribution in [0.3, 0.4) is 0 Å². The Balaban J connectivity index is 2.86. The highest BCUT2D eigenvalue weighted by Gasteiger charge is 2.17. The van der Waals surface area contributed by atoms with Crippen LogP contribution in [0.4, 0.5) is 5.69 Å². The Hall–Kier alpha value is -1.07. The lowest BCUT2D eigenvalue weighted by molar-refractivity contribution is 0.0897. The Morgan fingerprint density at radius 3 is 2.71 bits per heavy atom. The molecule has 0 fully saturated rings. The number of hydrogen-bond donors (Lipinski definition) is 3. The van der Waals surface area contributed by atoms with Gasteiger partial charge < -0.3 is 16.2 Å². The summed E-state index contributed by atoms with van der Waals surface area (Å²) in [6, 6.07) is 4.85. The van der Waals surface area contributed by atoms with Gasteiger partial charge >= 0.3 is 0 Å². The van der Waals surface area contributed by atoms with Crippen LogP contribution in [-0.4, -0.2) is 23.7 Å². The molecule has 0 radical (unpaired) electrons. The molecular formula is C12H17BrN2O2. The first-order valence-electron chi connectivity index (χ1n) is 5.42. The van der Waals surface area contributed by atoms with E-state index in [4.69, 9.17) is 10.8 Å². The molecule has 1 aromatic rings. The fraction of sp³-hybridized carbons (Fsp3) is 0.417. The second kappa shape index (κ2) is 6.02. The van der Waals surface area contributed by atoms with Crippen molar-refractivity contribution in [1.82, 2.24) is 5.32 Å². The molecule has 94 valence electrons. The van der Waals surface area contributed by atoms with E-state index < -0.39 is 0 Å². The molecule has 0 heterocycles. The van der Waals surface area contributed by atoms with E-state index >= 15 is 0 Å². The molecule has 0 aliphatic rings. The number of nitrogens with one attached hydrogen (secondary N) is 1. The summed E-state index contributed by atoms with van der Waals surface area (Å²) < 4.78 is 0.793. The van der Waals surface area contributed by atoms with E-state index in [9.17, 15) is 4.79 Å². The SMILES string of the molecule is CC(C)[C@@H](CO)NC(=O)c1cc(Br)ccc1N. The summed E-state index contributed by atoms with van der Waals surface area (Å²) in [5.41, 5.74) is 6.58. The van der Waals surface area contributed by atoms with Crippen LogP contribution in [0.1, 0.15) is 24.2 Å². The van der Waals surface area contributed by atoms with Crippen LogP contribution in [0.25, 0.3) is 0 Å². The molecule has 1 aromatic carbocycles. The highest BCUT2D eigenvalue weighted by atomic mass is 79.9. The zero-order valence-electron chi connectivity index (χ0n) is 9.90. The lowest BCUT2D eigenvalue weighted by Crippen LogP contribution is -2.41. The molecule has 0 saturated carbocycles. The van der Waals surface area contributed by atoms with E-state index in [2.05, 4.69) is 21.2 Å². The Bertz CT molecular complexity index is 407. The fourth-order valence-corrected chi connectivity index (χ4v) is 1.76. The van der Waals surface area contributed by atoms with E-state index in [-0.39, 0.29) is 24.5 Å². The number of carbonyl (C=O) groups is 1. The number of benzene rings is 1. The van der Waals surface area contributed by atoms with Gasteiger partial charge in [-0.3, -0.25) is 4.79 Å². The Kier molecular flexibility index (Phi) is 4.96. The summed E-state index contributed by atoms with van der Waals surface area (Å²) in [6.45, 7) is 3.79. The van der Waals surface area contributed by atoms with Crippen molar-refractivity contribution in [2.45, 2.75) is 19.9 Å². The van der Waals surface area contributed by atoms with Gasteiger partial charge in [-0.15, -0.1) is 0 Å². The molecule has 0 aromatic heterocycles. The average Bonchev–Trinajstić information content (AvgIpc) is 2.28. The van der Waals surface area contributed by atoms with Crippen molar-refractivity contribution < 1.29 is 9.90 Å². The molecule has 1 atom stereocenters. The molecule has 17 heavy (non-hydrogen) atoms. The minimum Gasteiger partial charge on any atom is -0.398 e. The van der Waals surface area contributed by atoms with E-state index in [1.807, 2.05) is 13.8 Å². The number of aliphatic hydroxyl groups excluding tert-OH is 1. The monoisotopic (exact) mass is 300 g/mol. The van der Waals surface area contributed by atoms with E-state index in [1.54, 1.807) is 18.2 Å². The van der Waals surface area contributed by atoms with Crippen molar-refractivity contribution in [3.05, 3.63) is 28.2 Å². The molecule has 5 heteroatoms. The predicted octanol–water partition coefficient (Wildman–Crippen LogP) is 1.78. The van der Waals surface area contributed by atoms with Crippen molar-refractivity contribution in [3.63, 3.8) is 0 Å². The van der Waals surface area contributed by atoms with Crippen LogP contribution in [0, 0.1) is 5.92 Å². The second-order valence-corrected chi connectivity index (χ2v) is 5.15. The molecule has 0 aliphatic heterocycles. The molecule has 0 aliphatic carbocycles. The molecular weight excluding hydrogens is 284 g/mol. The highest BCUT2D eigenvalue weighted by molar-refractivity contribution is 9.10. The van der Waals surface area contributed by atoms with Crippen LogP contribution in [-0.2, 0) is 0 Å². The van der Waals surface area contributed by atoms with Gasteiger partial charge in [-0.05, 0) is 24.1 Å². The highest BCUT2D eigenvalue weighted by Crippen LogP contribution is 2.18. The minimum atomic E-state index is -0.267. The maximum Gasteiger partial charge on any atom is 0.253 e. The Morgan fingerprint density at radius 2 is 2.18 bits per heavy atom. The van der Waals surface area contributed by atoms with Gasteiger partial charge in [-0.2, -0.15) is 0 Å². The first kappa shape index (κ1) is 14.0. The van der Waals surface area contributed by atoms with Crippen molar-refractivity contribution in [1.29, 1.82) is 0 Å². The van der Waals surface area contributed by atoms with Crippen molar-refractivity contribution in [2.24, 2.45) is 5.92 Å². The lowest BCUT2D eigenvalue weighted by Gasteiger charge is -2.20. The van der Waals surface area contributed by atoms with E-state index in [0.29, 0.717) is 11.3 Å². The Labute approximate surface area is 109 Å².